The second-order valence-electron chi connectivity index (χ2n) is 3.78. The van der Waals surface area contributed by atoms with Gasteiger partial charge in [0, 0.05) is 18.0 Å². The van der Waals surface area contributed by atoms with Crippen LogP contribution in [0.2, 0.25) is 5.28 Å². The first-order valence-corrected chi connectivity index (χ1v) is 5.47. The first-order valence-electron chi connectivity index (χ1n) is 5.09. The van der Waals surface area contributed by atoms with E-state index in [0.29, 0.717) is 5.56 Å². The van der Waals surface area contributed by atoms with E-state index in [2.05, 4.69) is 15.0 Å². The number of hydrogen-bond acceptors (Lipinski definition) is 5. The number of halogens is 1. The van der Waals surface area contributed by atoms with Crippen molar-refractivity contribution in [3.05, 3.63) is 45.1 Å². The van der Waals surface area contributed by atoms with E-state index in [1.807, 2.05) is 6.92 Å². The van der Waals surface area contributed by atoms with E-state index in [1.54, 1.807) is 12.3 Å². The van der Waals surface area contributed by atoms with Gasteiger partial charge in [0.2, 0.25) is 5.28 Å². The van der Waals surface area contributed by atoms with Gasteiger partial charge in [-0.2, -0.15) is 0 Å². The lowest BCUT2D eigenvalue weighted by molar-refractivity contribution is -0.385. The summed E-state index contributed by atoms with van der Waals surface area (Å²) >= 11 is 5.75. The van der Waals surface area contributed by atoms with Gasteiger partial charge in [-0.1, -0.05) is 0 Å². The highest BCUT2D eigenvalue weighted by Gasteiger charge is 2.23. The van der Waals surface area contributed by atoms with Crippen molar-refractivity contribution in [1.29, 1.82) is 0 Å². The number of pyridine rings is 1. The Morgan fingerprint density at radius 1 is 1.28 bits per heavy atom. The van der Waals surface area contributed by atoms with Crippen molar-refractivity contribution in [2.45, 2.75) is 13.8 Å². The third-order valence-corrected chi connectivity index (χ3v) is 2.53. The molecular formula is C11H9ClN4O2. The highest BCUT2D eigenvalue weighted by Crippen LogP contribution is 2.30. The summed E-state index contributed by atoms with van der Waals surface area (Å²) in [6.07, 6.45) is 3.17. The quantitative estimate of drug-likeness (QED) is 0.473. The molecule has 0 saturated carbocycles. The molecule has 92 valence electrons. The SMILES string of the molecule is Cc1cncc(-c2nc(Cl)nc(C)c2[N+](=O)[O-])c1. The van der Waals surface area contributed by atoms with Crippen LogP contribution in [0, 0.1) is 24.0 Å². The maximum absolute atomic E-state index is 11.1. The number of nitro groups is 1. The van der Waals surface area contributed by atoms with Crippen molar-refractivity contribution in [2.24, 2.45) is 0 Å². The van der Waals surface area contributed by atoms with Gasteiger partial charge in [-0.05, 0) is 37.1 Å². The average molecular weight is 265 g/mol. The summed E-state index contributed by atoms with van der Waals surface area (Å²) in [5.74, 6) is 0. The summed E-state index contributed by atoms with van der Waals surface area (Å²) in [6, 6.07) is 1.76. The molecule has 18 heavy (non-hydrogen) atoms. The molecule has 0 atom stereocenters. The fourth-order valence-electron chi connectivity index (χ4n) is 1.64. The zero-order valence-corrected chi connectivity index (χ0v) is 10.5. The third kappa shape index (κ3) is 2.28. The van der Waals surface area contributed by atoms with Crippen LogP contribution in [0.15, 0.2) is 18.5 Å². The molecule has 0 aliphatic heterocycles. The predicted octanol–water partition coefficient (Wildman–Crippen LogP) is 2.72. The molecule has 0 bridgehead atoms. The van der Waals surface area contributed by atoms with Gasteiger partial charge in [-0.25, -0.2) is 9.97 Å². The Balaban J connectivity index is 2.73. The lowest BCUT2D eigenvalue weighted by Crippen LogP contribution is -2.01. The summed E-state index contributed by atoms with van der Waals surface area (Å²) in [4.78, 5) is 22.3. The van der Waals surface area contributed by atoms with Crippen molar-refractivity contribution >= 4 is 17.3 Å². The van der Waals surface area contributed by atoms with Crippen LogP contribution in [0.1, 0.15) is 11.3 Å². The van der Waals surface area contributed by atoms with Crippen molar-refractivity contribution in [2.75, 3.05) is 0 Å². The second-order valence-corrected chi connectivity index (χ2v) is 4.12. The minimum absolute atomic E-state index is 0.0189. The van der Waals surface area contributed by atoms with Gasteiger partial charge < -0.3 is 0 Å². The highest BCUT2D eigenvalue weighted by molar-refractivity contribution is 6.28. The van der Waals surface area contributed by atoms with Crippen LogP contribution in [0.25, 0.3) is 11.3 Å². The Kier molecular flexibility index (Phi) is 3.20. The molecule has 0 spiro atoms. The van der Waals surface area contributed by atoms with Gasteiger partial charge in [-0.15, -0.1) is 0 Å². The Hall–Kier alpha value is -2.08. The van der Waals surface area contributed by atoms with Gasteiger partial charge in [-0.3, -0.25) is 15.1 Å². The number of aromatic nitrogens is 3. The molecule has 7 heteroatoms. The second kappa shape index (κ2) is 4.66. The molecule has 0 radical (unpaired) electrons. The van der Waals surface area contributed by atoms with Crippen LogP contribution in [-0.2, 0) is 0 Å². The number of rotatable bonds is 2. The number of nitrogens with zero attached hydrogens (tertiary/aromatic N) is 4. The van der Waals surface area contributed by atoms with Crippen LogP contribution < -0.4 is 0 Å². The molecule has 2 heterocycles. The fourth-order valence-corrected chi connectivity index (χ4v) is 1.85. The third-order valence-electron chi connectivity index (χ3n) is 2.36. The van der Waals surface area contributed by atoms with Gasteiger partial charge in [0.15, 0.2) is 5.69 Å². The highest BCUT2D eigenvalue weighted by atomic mass is 35.5. The first kappa shape index (κ1) is 12.4. The van der Waals surface area contributed by atoms with Crippen LogP contribution in [0.3, 0.4) is 0 Å². The van der Waals surface area contributed by atoms with Crippen molar-refractivity contribution in [3.63, 3.8) is 0 Å². The number of hydrogen-bond donors (Lipinski definition) is 0. The average Bonchev–Trinajstić information content (AvgIpc) is 2.27. The molecule has 0 unspecified atom stereocenters. The molecule has 6 nitrogen and oxygen atoms in total. The molecule has 2 aromatic heterocycles. The first-order chi connectivity index (χ1) is 8.49. The predicted molar refractivity (Wildman–Crippen MR) is 66.4 cm³/mol. The normalized spacial score (nSPS) is 10.4. The summed E-state index contributed by atoms with van der Waals surface area (Å²) in [6.45, 7) is 3.37. The van der Waals surface area contributed by atoms with Gasteiger partial charge in [0.25, 0.3) is 0 Å². The Morgan fingerprint density at radius 3 is 2.61 bits per heavy atom. The fraction of sp³-hybridized carbons (Fsp3) is 0.182. The summed E-state index contributed by atoms with van der Waals surface area (Å²) in [5, 5.41) is 11.1. The smallest absolute Gasteiger partial charge is 0.264 e. The van der Waals surface area contributed by atoms with E-state index in [0.717, 1.165) is 5.56 Å². The van der Waals surface area contributed by atoms with Gasteiger partial charge >= 0.3 is 5.69 Å². The standard InChI is InChI=1S/C11H9ClN4O2/c1-6-3-8(5-13-4-6)9-10(16(17)18)7(2)14-11(12)15-9/h3-5H,1-2H3. The zero-order chi connectivity index (χ0) is 13.3. The largest absolute Gasteiger partial charge is 0.316 e. The van der Waals surface area contributed by atoms with E-state index < -0.39 is 4.92 Å². The summed E-state index contributed by atoms with van der Waals surface area (Å²) in [5.41, 5.74) is 1.71. The van der Waals surface area contributed by atoms with E-state index in [4.69, 9.17) is 11.6 Å². The number of aryl methyl sites for hydroxylation is 2. The van der Waals surface area contributed by atoms with E-state index in [1.165, 1.54) is 13.1 Å². The molecule has 0 N–H and O–H groups in total. The zero-order valence-electron chi connectivity index (χ0n) is 9.72. The summed E-state index contributed by atoms with van der Waals surface area (Å²) in [7, 11) is 0. The van der Waals surface area contributed by atoms with Crippen molar-refractivity contribution < 1.29 is 4.92 Å². The topological polar surface area (TPSA) is 81.8 Å². The Labute approximate surface area is 108 Å². The molecule has 0 saturated heterocycles. The van der Waals surface area contributed by atoms with E-state index in [-0.39, 0.29) is 22.4 Å². The van der Waals surface area contributed by atoms with E-state index in [9.17, 15) is 10.1 Å². The van der Waals surface area contributed by atoms with Crippen LogP contribution in [0.4, 0.5) is 5.69 Å². The lowest BCUT2D eigenvalue weighted by atomic mass is 10.1. The minimum Gasteiger partial charge on any atom is -0.264 e. The van der Waals surface area contributed by atoms with Crippen LogP contribution >= 0.6 is 11.6 Å². The Bertz CT molecular complexity index is 630. The monoisotopic (exact) mass is 264 g/mol. The van der Waals surface area contributed by atoms with Crippen molar-refractivity contribution in [3.8, 4) is 11.3 Å². The maximum Gasteiger partial charge on any atom is 0.316 e. The minimum atomic E-state index is -0.511. The molecule has 0 fully saturated rings. The Morgan fingerprint density at radius 2 is 2.00 bits per heavy atom. The molecule has 0 aromatic carbocycles. The molecule has 2 aromatic rings. The molecule has 2 rings (SSSR count). The van der Waals surface area contributed by atoms with Gasteiger partial charge in [0.05, 0.1) is 4.92 Å². The summed E-state index contributed by atoms with van der Waals surface area (Å²) < 4.78 is 0. The molecule has 0 amide bonds. The molecular weight excluding hydrogens is 256 g/mol. The van der Waals surface area contributed by atoms with E-state index >= 15 is 0 Å². The van der Waals surface area contributed by atoms with Crippen LogP contribution in [0.5, 0.6) is 0 Å². The van der Waals surface area contributed by atoms with Crippen molar-refractivity contribution in [1.82, 2.24) is 15.0 Å². The molecule has 0 aliphatic carbocycles. The maximum atomic E-state index is 11.1. The molecule has 0 aliphatic rings. The van der Waals surface area contributed by atoms with Crippen LogP contribution in [-0.4, -0.2) is 19.9 Å². The van der Waals surface area contributed by atoms with Gasteiger partial charge in [0.1, 0.15) is 5.69 Å². The lowest BCUT2D eigenvalue weighted by Gasteiger charge is -2.05.